The molecule has 1 aliphatic heterocycles. The summed E-state index contributed by atoms with van der Waals surface area (Å²) in [5.74, 6) is 1.31. The molecule has 1 amide bonds. The smallest absolute Gasteiger partial charge is 0.251 e. The first kappa shape index (κ1) is 11.0. The Kier molecular flexibility index (Phi) is 3.46. The van der Waals surface area contributed by atoms with Crippen molar-refractivity contribution in [3.8, 4) is 0 Å². The van der Waals surface area contributed by atoms with Gasteiger partial charge in [0.25, 0.3) is 5.91 Å². The van der Waals surface area contributed by atoms with Gasteiger partial charge in [-0.25, -0.2) is 0 Å². The fourth-order valence-electron chi connectivity index (χ4n) is 1.53. The Morgan fingerprint density at radius 2 is 2.19 bits per heavy atom. The number of rotatable bonds is 2. The summed E-state index contributed by atoms with van der Waals surface area (Å²) in [6, 6.07) is 8.87. The first-order valence-corrected chi connectivity index (χ1v) is 6.11. The lowest BCUT2D eigenvalue weighted by atomic mass is 10.2. The van der Waals surface area contributed by atoms with E-state index >= 15 is 0 Å². The van der Waals surface area contributed by atoms with Gasteiger partial charge in [-0.1, -0.05) is 23.4 Å². The molecule has 1 atom stereocenters. The van der Waals surface area contributed by atoms with E-state index in [0.29, 0.717) is 17.0 Å². The largest absolute Gasteiger partial charge is 0.411 e. The molecular formula is C11H12N2O2S. The third-order valence-electron chi connectivity index (χ3n) is 2.41. The van der Waals surface area contributed by atoms with E-state index < -0.39 is 0 Å². The number of nitrogens with one attached hydrogen (secondary N) is 1. The zero-order chi connectivity index (χ0) is 11.4. The number of hydrogen-bond acceptors (Lipinski definition) is 4. The molecule has 0 unspecified atom stereocenters. The number of thioether (sulfide) groups is 1. The average Bonchev–Trinajstić information content (AvgIpc) is 2.77. The molecule has 0 radical (unpaired) electrons. The lowest BCUT2D eigenvalue weighted by molar-refractivity contribution is 0.0949. The van der Waals surface area contributed by atoms with E-state index in [2.05, 4.69) is 10.5 Å². The van der Waals surface area contributed by atoms with Crippen LogP contribution in [0.5, 0.6) is 0 Å². The molecule has 0 saturated carbocycles. The van der Waals surface area contributed by atoms with Gasteiger partial charge < -0.3 is 10.5 Å². The zero-order valence-electron chi connectivity index (χ0n) is 8.59. The maximum Gasteiger partial charge on any atom is 0.251 e. The Morgan fingerprint density at radius 1 is 1.44 bits per heavy atom. The van der Waals surface area contributed by atoms with Crippen LogP contribution in [0.3, 0.4) is 0 Å². The highest BCUT2D eigenvalue weighted by atomic mass is 32.2. The SMILES string of the molecule is O=C(N[C@H]1CSC/C1=N\O)c1ccccc1. The van der Waals surface area contributed by atoms with Gasteiger partial charge >= 0.3 is 0 Å². The van der Waals surface area contributed by atoms with Gasteiger partial charge in [0.05, 0.1) is 11.8 Å². The second kappa shape index (κ2) is 5.03. The Morgan fingerprint density at radius 3 is 2.88 bits per heavy atom. The molecule has 4 nitrogen and oxygen atoms in total. The number of carbonyl (C=O) groups excluding carboxylic acids is 1. The molecule has 2 rings (SSSR count). The van der Waals surface area contributed by atoms with Gasteiger partial charge in [0.2, 0.25) is 0 Å². The predicted octanol–water partition coefficient (Wildman–Crippen LogP) is 1.36. The Labute approximate surface area is 97.7 Å². The molecule has 1 heterocycles. The zero-order valence-corrected chi connectivity index (χ0v) is 9.41. The summed E-state index contributed by atoms with van der Waals surface area (Å²) in [4.78, 5) is 11.8. The van der Waals surface area contributed by atoms with Crippen LogP contribution in [0, 0.1) is 0 Å². The molecule has 0 aliphatic carbocycles. The van der Waals surface area contributed by atoms with Crippen molar-refractivity contribution in [1.29, 1.82) is 0 Å². The van der Waals surface area contributed by atoms with Crippen molar-refractivity contribution in [2.45, 2.75) is 6.04 Å². The second-order valence-electron chi connectivity index (χ2n) is 3.50. The third-order valence-corrected chi connectivity index (χ3v) is 3.48. The number of amides is 1. The van der Waals surface area contributed by atoms with E-state index in [0.717, 1.165) is 5.75 Å². The number of oxime groups is 1. The molecule has 1 aliphatic rings. The summed E-state index contributed by atoms with van der Waals surface area (Å²) >= 11 is 1.65. The van der Waals surface area contributed by atoms with E-state index in [-0.39, 0.29) is 11.9 Å². The summed E-state index contributed by atoms with van der Waals surface area (Å²) in [6.45, 7) is 0. The molecule has 2 N–H and O–H groups in total. The monoisotopic (exact) mass is 236 g/mol. The van der Waals surface area contributed by atoms with Crippen LogP contribution in [0.15, 0.2) is 35.5 Å². The summed E-state index contributed by atoms with van der Waals surface area (Å²) < 4.78 is 0. The standard InChI is InChI=1S/C11H12N2O2S/c14-11(8-4-2-1-3-5-8)12-9-6-16-7-10(9)13-15/h1-5,9,15H,6-7H2,(H,12,14)/b13-10+/t9-/m0/s1. The number of hydrogen-bond donors (Lipinski definition) is 2. The highest BCUT2D eigenvalue weighted by Crippen LogP contribution is 2.15. The highest BCUT2D eigenvalue weighted by molar-refractivity contribution is 8.00. The molecule has 0 spiro atoms. The third kappa shape index (κ3) is 2.36. The van der Waals surface area contributed by atoms with Crippen LogP contribution in [0.4, 0.5) is 0 Å². The lowest BCUT2D eigenvalue weighted by Gasteiger charge is -2.11. The Hall–Kier alpha value is -1.49. The molecule has 0 aromatic heterocycles. The van der Waals surface area contributed by atoms with Crippen molar-refractivity contribution in [2.75, 3.05) is 11.5 Å². The van der Waals surface area contributed by atoms with Crippen molar-refractivity contribution >= 4 is 23.4 Å². The molecule has 1 aromatic carbocycles. The number of carbonyl (C=O) groups is 1. The average molecular weight is 236 g/mol. The van der Waals surface area contributed by atoms with Crippen LogP contribution in [0.25, 0.3) is 0 Å². The number of benzene rings is 1. The van der Waals surface area contributed by atoms with Gasteiger partial charge in [0, 0.05) is 17.1 Å². The molecule has 1 fully saturated rings. The van der Waals surface area contributed by atoms with Crippen LogP contribution in [0.2, 0.25) is 0 Å². The van der Waals surface area contributed by atoms with Gasteiger partial charge in [0.15, 0.2) is 0 Å². The summed E-state index contributed by atoms with van der Waals surface area (Å²) in [7, 11) is 0. The molecule has 16 heavy (non-hydrogen) atoms. The van der Waals surface area contributed by atoms with Crippen LogP contribution >= 0.6 is 11.8 Å². The maximum atomic E-state index is 11.8. The summed E-state index contributed by atoms with van der Waals surface area (Å²) in [6.07, 6.45) is 0. The van der Waals surface area contributed by atoms with Crippen molar-refractivity contribution in [1.82, 2.24) is 5.32 Å². The minimum Gasteiger partial charge on any atom is -0.411 e. The predicted molar refractivity (Wildman–Crippen MR) is 64.2 cm³/mol. The molecular weight excluding hydrogens is 224 g/mol. The van der Waals surface area contributed by atoms with E-state index in [1.165, 1.54) is 0 Å². The van der Waals surface area contributed by atoms with E-state index in [1.54, 1.807) is 23.9 Å². The van der Waals surface area contributed by atoms with Gasteiger partial charge in [-0.3, -0.25) is 4.79 Å². The van der Waals surface area contributed by atoms with Gasteiger partial charge in [0.1, 0.15) is 0 Å². The second-order valence-corrected chi connectivity index (χ2v) is 4.53. The summed E-state index contributed by atoms with van der Waals surface area (Å²) in [5, 5.41) is 14.8. The minimum absolute atomic E-state index is 0.130. The first-order chi connectivity index (χ1) is 7.81. The molecule has 1 aromatic rings. The molecule has 84 valence electrons. The van der Waals surface area contributed by atoms with Crippen molar-refractivity contribution in [2.24, 2.45) is 5.16 Å². The van der Waals surface area contributed by atoms with Crippen LogP contribution in [-0.4, -0.2) is 34.4 Å². The quantitative estimate of drug-likeness (QED) is 0.602. The van der Waals surface area contributed by atoms with Crippen LogP contribution < -0.4 is 5.32 Å². The number of nitrogens with zero attached hydrogens (tertiary/aromatic N) is 1. The fourth-order valence-corrected chi connectivity index (χ4v) is 2.63. The van der Waals surface area contributed by atoms with Crippen LogP contribution in [0.1, 0.15) is 10.4 Å². The van der Waals surface area contributed by atoms with E-state index in [1.807, 2.05) is 18.2 Å². The van der Waals surface area contributed by atoms with Crippen molar-refractivity contribution < 1.29 is 10.0 Å². The minimum atomic E-state index is -0.150. The van der Waals surface area contributed by atoms with Gasteiger partial charge in [-0.2, -0.15) is 11.8 Å². The van der Waals surface area contributed by atoms with Crippen molar-refractivity contribution in [3.05, 3.63) is 35.9 Å². The molecule has 1 saturated heterocycles. The summed E-state index contributed by atoms with van der Waals surface area (Å²) in [5.41, 5.74) is 1.26. The van der Waals surface area contributed by atoms with Gasteiger partial charge in [-0.15, -0.1) is 0 Å². The van der Waals surface area contributed by atoms with Gasteiger partial charge in [-0.05, 0) is 12.1 Å². The van der Waals surface area contributed by atoms with E-state index in [9.17, 15) is 4.79 Å². The first-order valence-electron chi connectivity index (χ1n) is 4.95. The topological polar surface area (TPSA) is 61.7 Å². The lowest BCUT2D eigenvalue weighted by Crippen LogP contribution is -2.40. The van der Waals surface area contributed by atoms with Crippen molar-refractivity contribution in [3.63, 3.8) is 0 Å². The fraction of sp³-hybridized carbons (Fsp3) is 0.273. The maximum absolute atomic E-state index is 11.8. The Balaban J connectivity index is 2.03. The molecule has 5 heteroatoms. The van der Waals surface area contributed by atoms with Crippen LogP contribution in [-0.2, 0) is 0 Å². The molecule has 0 bridgehead atoms. The normalized spacial score (nSPS) is 22.2. The highest BCUT2D eigenvalue weighted by Gasteiger charge is 2.25. The van der Waals surface area contributed by atoms with E-state index in [4.69, 9.17) is 5.21 Å². The Bertz CT molecular complexity index is 406.